The number of hydrogen-bond acceptors (Lipinski definition) is 4. The second-order valence-electron chi connectivity index (χ2n) is 4.97. The summed E-state index contributed by atoms with van der Waals surface area (Å²) in [4.78, 5) is 25.3. The lowest BCUT2D eigenvalue weighted by Crippen LogP contribution is -2.28. The van der Waals surface area contributed by atoms with Crippen LogP contribution in [-0.4, -0.2) is 62.0 Å². The quantitative estimate of drug-likeness (QED) is 0.701. The Kier molecular flexibility index (Phi) is 6.72. The largest absolute Gasteiger partial charge is 0.466 e. The van der Waals surface area contributed by atoms with Gasteiger partial charge >= 0.3 is 5.97 Å². The zero-order valence-electron chi connectivity index (χ0n) is 11.5. The molecule has 0 spiro atoms. The summed E-state index contributed by atoms with van der Waals surface area (Å²) in [7, 11) is 4.12. The topological polar surface area (TPSA) is 49.9 Å². The van der Waals surface area contributed by atoms with Gasteiger partial charge in [-0.1, -0.05) is 0 Å². The fraction of sp³-hybridized carbons (Fsp3) is 0.846. The fourth-order valence-corrected chi connectivity index (χ4v) is 1.99. The maximum atomic E-state index is 11.2. The summed E-state index contributed by atoms with van der Waals surface area (Å²) in [6.07, 6.45) is 4.46. The average molecular weight is 256 g/mol. The van der Waals surface area contributed by atoms with Crippen molar-refractivity contribution < 1.29 is 14.3 Å². The number of cyclic esters (lactones) is 1. The smallest absolute Gasteiger partial charge is 0.305 e. The first kappa shape index (κ1) is 15.0. The minimum Gasteiger partial charge on any atom is -0.466 e. The Morgan fingerprint density at radius 2 is 2.00 bits per heavy atom. The van der Waals surface area contributed by atoms with Crippen molar-refractivity contribution >= 4 is 11.9 Å². The summed E-state index contributed by atoms with van der Waals surface area (Å²) in [6, 6.07) is 0. The van der Waals surface area contributed by atoms with Gasteiger partial charge in [-0.15, -0.1) is 0 Å². The highest BCUT2D eigenvalue weighted by atomic mass is 16.5. The van der Waals surface area contributed by atoms with Crippen molar-refractivity contribution in [2.75, 3.05) is 40.3 Å². The fourth-order valence-electron chi connectivity index (χ4n) is 1.99. The van der Waals surface area contributed by atoms with Crippen molar-refractivity contribution in [3.05, 3.63) is 0 Å². The molecule has 2 aliphatic rings. The molecule has 2 heterocycles. The number of ether oxygens (including phenoxy) is 1. The third kappa shape index (κ3) is 6.00. The van der Waals surface area contributed by atoms with Gasteiger partial charge in [0.1, 0.15) is 0 Å². The summed E-state index contributed by atoms with van der Waals surface area (Å²) in [6.45, 7) is 3.63. The van der Waals surface area contributed by atoms with Crippen LogP contribution in [0.15, 0.2) is 0 Å². The van der Waals surface area contributed by atoms with Gasteiger partial charge in [0.2, 0.25) is 5.91 Å². The molecule has 0 unspecified atom stereocenters. The Labute approximate surface area is 109 Å². The molecule has 2 rings (SSSR count). The number of esters is 1. The molecule has 5 nitrogen and oxygen atoms in total. The van der Waals surface area contributed by atoms with Gasteiger partial charge in [-0.2, -0.15) is 0 Å². The number of nitrogens with zero attached hydrogens (tertiary/aromatic N) is 2. The molecule has 2 saturated heterocycles. The van der Waals surface area contributed by atoms with Crippen molar-refractivity contribution in [2.24, 2.45) is 0 Å². The maximum absolute atomic E-state index is 11.2. The number of hydrogen-bond donors (Lipinski definition) is 0. The minimum atomic E-state index is -0.0463. The molecule has 0 N–H and O–H groups in total. The van der Waals surface area contributed by atoms with E-state index in [4.69, 9.17) is 0 Å². The molecule has 1 amide bonds. The summed E-state index contributed by atoms with van der Waals surface area (Å²) >= 11 is 0. The normalized spacial score (nSPS) is 18.9. The van der Waals surface area contributed by atoms with Gasteiger partial charge in [0.15, 0.2) is 0 Å². The second-order valence-corrected chi connectivity index (χ2v) is 4.97. The van der Waals surface area contributed by atoms with E-state index in [2.05, 4.69) is 23.7 Å². The molecule has 18 heavy (non-hydrogen) atoms. The predicted octanol–water partition coefficient (Wildman–Crippen LogP) is 0.884. The molecule has 0 aromatic rings. The molecular formula is C13H24N2O3. The van der Waals surface area contributed by atoms with Gasteiger partial charge in [-0.3, -0.25) is 9.59 Å². The van der Waals surface area contributed by atoms with E-state index in [-0.39, 0.29) is 5.97 Å². The first-order valence-corrected chi connectivity index (χ1v) is 6.67. The van der Waals surface area contributed by atoms with Crippen LogP contribution in [0.1, 0.15) is 32.1 Å². The molecule has 0 bridgehead atoms. The molecule has 0 saturated carbocycles. The molecule has 0 aliphatic carbocycles. The van der Waals surface area contributed by atoms with Gasteiger partial charge in [0.05, 0.1) is 6.61 Å². The maximum Gasteiger partial charge on any atom is 0.305 e. The van der Waals surface area contributed by atoms with E-state index in [1.165, 1.54) is 0 Å². The Morgan fingerprint density at radius 1 is 1.22 bits per heavy atom. The van der Waals surface area contributed by atoms with E-state index in [9.17, 15) is 9.59 Å². The van der Waals surface area contributed by atoms with E-state index >= 15 is 0 Å². The average Bonchev–Trinajstić information content (AvgIpc) is 2.92. The highest BCUT2D eigenvalue weighted by molar-refractivity contribution is 5.77. The lowest BCUT2D eigenvalue weighted by Gasteiger charge is -2.16. The van der Waals surface area contributed by atoms with E-state index < -0.39 is 0 Å². The molecule has 0 aromatic carbocycles. The third-order valence-corrected chi connectivity index (χ3v) is 2.99. The van der Waals surface area contributed by atoms with Crippen LogP contribution in [0.4, 0.5) is 0 Å². The van der Waals surface area contributed by atoms with Gasteiger partial charge in [0.25, 0.3) is 0 Å². The van der Waals surface area contributed by atoms with Crippen LogP contribution in [0.3, 0.4) is 0 Å². The van der Waals surface area contributed by atoms with E-state index in [1.807, 2.05) is 4.90 Å². The third-order valence-electron chi connectivity index (χ3n) is 2.99. The van der Waals surface area contributed by atoms with Gasteiger partial charge in [-0.05, 0) is 39.9 Å². The van der Waals surface area contributed by atoms with Gasteiger partial charge in [0, 0.05) is 25.9 Å². The molecule has 5 heteroatoms. The summed E-state index contributed by atoms with van der Waals surface area (Å²) in [5.74, 6) is 0.295. The Hall–Kier alpha value is -1.10. The minimum absolute atomic E-state index is 0.0463. The summed E-state index contributed by atoms with van der Waals surface area (Å²) in [5.41, 5.74) is 0. The van der Waals surface area contributed by atoms with Gasteiger partial charge in [-0.25, -0.2) is 0 Å². The molecule has 2 aliphatic heterocycles. The summed E-state index contributed by atoms with van der Waals surface area (Å²) in [5, 5.41) is 0. The highest BCUT2D eigenvalue weighted by Crippen LogP contribution is 2.09. The zero-order valence-corrected chi connectivity index (χ0v) is 11.5. The van der Waals surface area contributed by atoms with Crippen LogP contribution in [0, 0.1) is 0 Å². The summed E-state index contributed by atoms with van der Waals surface area (Å²) < 4.78 is 4.51. The number of carbonyl (C=O) groups is 2. The van der Waals surface area contributed by atoms with Crippen LogP contribution in [0.5, 0.6) is 0 Å². The van der Waals surface area contributed by atoms with Crippen LogP contribution in [-0.2, 0) is 14.3 Å². The second kappa shape index (κ2) is 8.08. The van der Waals surface area contributed by atoms with Crippen molar-refractivity contribution in [3.8, 4) is 0 Å². The number of carbonyl (C=O) groups excluding carboxylic acids is 2. The lowest BCUT2D eigenvalue weighted by molar-refractivity contribution is -0.138. The van der Waals surface area contributed by atoms with Crippen molar-refractivity contribution in [1.82, 2.24) is 9.80 Å². The van der Waals surface area contributed by atoms with Crippen molar-refractivity contribution in [1.29, 1.82) is 0 Å². The van der Waals surface area contributed by atoms with Crippen molar-refractivity contribution in [3.63, 3.8) is 0 Å². The standard InChI is InChI=1S/C9H18N2O.C4H6O2/c1-10(2)6-4-8-11-7-3-5-9(11)12;5-4-2-1-3-6-4/h3-8H2,1-2H3;1-3H2. The molecule has 0 aromatic heterocycles. The molecular weight excluding hydrogens is 232 g/mol. The first-order chi connectivity index (χ1) is 8.59. The monoisotopic (exact) mass is 256 g/mol. The van der Waals surface area contributed by atoms with Gasteiger partial charge < -0.3 is 14.5 Å². The number of amides is 1. The van der Waals surface area contributed by atoms with E-state index in [0.29, 0.717) is 18.9 Å². The first-order valence-electron chi connectivity index (χ1n) is 6.67. The molecule has 0 radical (unpaired) electrons. The van der Waals surface area contributed by atoms with Crippen LogP contribution in [0.25, 0.3) is 0 Å². The van der Waals surface area contributed by atoms with Crippen LogP contribution in [0.2, 0.25) is 0 Å². The molecule has 0 atom stereocenters. The van der Waals surface area contributed by atoms with Crippen molar-refractivity contribution in [2.45, 2.75) is 32.1 Å². The lowest BCUT2D eigenvalue weighted by atomic mass is 10.4. The number of likely N-dealkylation sites (tertiary alicyclic amines) is 1. The Balaban J connectivity index is 0.000000225. The van der Waals surface area contributed by atoms with E-state index in [1.54, 1.807) is 0 Å². The molecule has 2 fully saturated rings. The highest BCUT2D eigenvalue weighted by Gasteiger charge is 2.18. The molecule has 104 valence electrons. The SMILES string of the molecule is CN(C)CCCN1CCCC1=O.O=C1CCCO1. The Morgan fingerprint density at radius 3 is 2.39 bits per heavy atom. The zero-order chi connectivity index (χ0) is 13.4. The Bertz CT molecular complexity index is 271. The number of rotatable bonds is 4. The van der Waals surface area contributed by atoms with Crippen LogP contribution >= 0.6 is 0 Å². The predicted molar refractivity (Wildman–Crippen MR) is 69.2 cm³/mol. The van der Waals surface area contributed by atoms with E-state index in [0.717, 1.165) is 45.3 Å². The van der Waals surface area contributed by atoms with Crippen LogP contribution < -0.4 is 0 Å².